The van der Waals surface area contributed by atoms with Crippen LogP contribution in [0.15, 0.2) is 35.2 Å². The van der Waals surface area contributed by atoms with E-state index in [1.165, 1.54) is 25.3 Å². The van der Waals surface area contributed by atoms with E-state index in [1.54, 1.807) is 6.92 Å². The van der Waals surface area contributed by atoms with Crippen molar-refractivity contribution in [2.45, 2.75) is 50.7 Å². The lowest BCUT2D eigenvalue weighted by molar-refractivity contribution is 0.00578. The molecule has 10 heteroatoms. The maximum atomic E-state index is 15.2. The van der Waals surface area contributed by atoms with E-state index in [2.05, 4.69) is 4.72 Å². The predicted octanol–water partition coefficient (Wildman–Crippen LogP) is 3.38. The van der Waals surface area contributed by atoms with E-state index in [1.807, 2.05) is 27.7 Å². The van der Waals surface area contributed by atoms with Crippen molar-refractivity contribution in [3.63, 3.8) is 0 Å². The summed E-state index contributed by atoms with van der Waals surface area (Å²) in [7, 11) is -4.06. The number of hydrogen-bond donors (Lipinski definition) is 1. The molecule has 0 spiro atoms. The van der Waals surface area contributed by atoms with E-state index in [4.69, 9.17) is 14.0 Å². The number of nitrogens with one attached hydrogen (secondary N) is 1. The third kappa shape index (κ3) is 3.91. The van der Waals surface area contributed by atoms with Gasteiger partial charge in [0.15, 0.2) is 0 Å². The number of ether oxygens (including phenoxy) is 1. The SMILES string of the molecule is COc1cc(F)c(S(=O)(=O)Nc2cccc(B3OC(C)(C)C(C)(C)O3)c2F)cc1C. The molecule has 30 heavy (non-hydrogen) atoms. The number of sulfonamides is 1. The van der Waals surface area contributed by atoms with Gasteiger partial charge in [0.05, 0.1) is 24.0 Å². The molecule has 6 nitrogen and oxygen atoms in total. The monoisotopic (exact) mass is 439 g/mol. The summed E-state index contributed by atoms with van der Waals surface area (Å²) in [5.74, 6) is -1.65. The zero-order valence-electron chi connectivity index (χ0n) is 17.7. The Morgan fingerprint density at radius 3 is 2.23 bits per heavy atom. The second-order valence-electron chi connectivity index (χ2n) is 8.15. The molecule has 0 aliphatic carbocycles. The Kier molecular flexibility index (Phi) is 5.64. The van der Waals surface area contributed by atoms with Crippen molar-refractivity contribution < 1.29 is 31.2 Å². The molecule has 0 saturated carbocycles. The Morgan fingerprint density at radius 1 is 1.07 bits per heavy atom. The largest absolute Gasteiger partial charge is 0.497 e. The summed E-state index contributed by atoms with van der Waals surface area (Å²) in [4.78, 5) is -0.610. The predicted molar refractivity (Wildman–Crippen MR) is 111 cm³/mol. The number of benzene rings is 2. The van der Waals surface area contributed by atoms with Crippen molar-refractivity contribution in [1.82, 2.24) is 0 Å². The average Bonchev–Trinajstić information content (AvgIpc) is 2.85. The van der Waals surface area contributed by atoms with Crippen molar-refractivity contribution in [1.29, 1.82) is 0 Å². The standard InChI is InChI=1S/C20H24BF2NO5S/c1-12-10-17(14(22)11-16(12)27-6)30(25,26)24-15-9-7-8-13(18(15)23)21-28-19(2,3)20(4,5)29-21/h7-11,24H,1-6H3. The van der Waals surface area contributed by atoms with E-state index in [-0.39, 0.29) is 16.9 Å². The van der Waals surface area contributed by atoms with Gasteiger partial charge >= 0.3 is 7.12 Å². The van der Waals surface area contributed by atoms with Crippen LogP contribution in [0.4, 0.5) is 14.5 Å². The third-order valence-corrected chi connectivity index (χ3v) is 6.90. The highest BCUT2D eigenvalue weighted by Crippen LogP contribution is 2.37. The molecule has 0 radical (unpaired) electrons. The molecule has 0 atom stereocenters. The molecule has 3 rings (SSSR count). The molecule has 2 aromatic carbocycles. The van der Waals surface area contributed by atoms with Crippen LogP contribution in [-0.4, -0.2) is 33.8 Å². The molecule has 1 aliphatic heterocycles. The summed E-state index contributed by atoms with van der Waals surface area (Å²) in [5, 5.41) is 0. The first-order valence-corrected chi connectivity index (χ1v) is 10.8. The highest BCUT2D eigenvalue weighted by molar-refractivity contribution is 7.92. The van der Waals surface area contributed by atoms with Crippen LogP contribution in [0, 0.1) is 18.6 Å². The fraction of sp³-hybridized carbons (Fsp3) is 0.400. The Bertz CT molecular complexity index is 1070. The summed E-state index contributed by atoms with van der Waals surface area (Å²) in [6.45, 7) is 8.88. The fourth-order valence-corrected chi connectivity index (χ4v) is 4.25. The minimum absolute atomic E-state index is 0.0419. The lowest BCUT2D eigenvalue weighted by Gasteiger charge is -2.32. The first kappa shape index (κ1) is 22.5. The summed E-state index contributed by atoms with van der Waals surface area (Å²) in [6.07, 6.45) is 0. The van der Waals surface area contributed by atoms with Gasteiger partial charge < -0.3 is 14.0 Å². The Morgan fingerprint density at radius 2 is 1.67 bits per heavy atom. The summed E-state index contributed by atoms with van der Waals surface area (Å²) < 4.78 is 73.8. The van der Waals surface area contributed by atoms with Gasteiger partial charge in [-0.05, 0) is 52.3 Å². The van der Waals surface area contributed by atoms with Gasteiger partial charge in [-0.3, -0.25) is 4.72 Å². The van der Waals surface area contributed by atoms with Gasteiger partial charge in [-0.1, -0.05) is 12.1 Å². The van der Waals surface area contributed by atoms with Gasteiger partial charge in [-0.2, -0.15) is 0 Å². The van der Waals surface area contributed by atoms with Crippen LogP contribution >= 0.6 is 0 Å². The van der Waals surface area contributed by atoms with E-state index >= 15 is 4.39 Å². The zero-order valence-corrected chi connectivity index (χ0v) is 18.5. The maximum absolute atomic E-state index is 15.2. The number of aryl methyl sites for hydroxylation is 1. The highest BCUT2D eigenvalue weighted by Gasteiger charge is 2.52. The molecular weight excluding hydrogens is 415 g/mol. The van der Waals surface area contributed by atoms with E-state index < -0.39 is 44.9 Å². The number of methoxy groups -OCH3 is 1. The van der Waals surface area contributed by atoms with Gasteiger partial charge in [-0.15, -0.1) is 0 Å². The topological polar surface area (TPSA) is 73.9 Å². The molecule has 0 bridgehead atoms. The van der Waals surface area contributed by atoms with Crippen molar-refractivity contribution >= 4 is 28.3 Å². The lowest BCUT2D eigenvalue weighted by atomic mass is 9.78. The van der Waals surface area contributed by atoms with E-state index in [0.29, 0.717) is 5.56 Å². The molecule has 0 aromatic heterocycles. The summed E-state index contributed by atoms with van der Waals surface area (Å²) in [5.41, 5.74) is -1.26. The third-order valence-electron chi connectivity index (χ3n) is 5.52. The van der Waals surface area contributed by atoms with Gasteiger partial charge in [0.25, 0.3) is 10.0 Å². The van der Waals surface area contributed by atoms with Crippen LogP contribution in [0.5, 0.6) is 5.75 Å². The van der Waals surface area contributed by atoms with Gasteiger partial charge in [-0.25, -0.2) is 17.2 Å². The average molecular weight is 439 g/mol. The molecule has 1 fully saturated rings. The van der Waals surface area contributed by atoms with Crippen LogP contribution in [0.1, 0.15) is 33.3 Å². The second kappa shape index (κ2) is 7.51. The van der Waals surface area contributed by atoms with Crippen molar-refractivity contribution in [2.75, 3.05) is 11.8 Å². The molecule has 1 aliphatic rings. The smallest absolute Gasteiger partial charge is 0.496 e. The molecule has 0 unspecified atom stereocenters. The highest BCUT2D eigenvalue weighted by atomic mass is 32.2. The minimum atomic E-state index is -4.40. The van der Waals surface area contributed by atoms with E-state index in [9.17, 15) is 12.8 Å². The maximum Gasteiger partial charge on any atom is 0.497 e. The number of hydrogen-bond acceptors (Lipinski definition) is 5. The van der Waals surface area contributed by atoms with Crippen LogP contribution in [0.3, 0.4) is 0 Å². The normalized spacial score (nSPS) is 17.8. The van der Waals surface area contributed by atoms with Gasteiger partial charge in [0.2, 0.25) is 0 Å². The lowest BCUT2D eigenvalue weighted by Crippen LogP contribution is -2.41. The van der Waals surface area contributed by atoms with E-state index in [0.717, 1.165) is 12.1 Å². The Labute approximate surface area is 175 Å². The van der Waals surface area contributed by atoms with Crippen LogP contribution in [0.2, 0.25) is 0 Å². The number of anilines is 1. The van der Waals surface area contributed by atoms with Crippen LogP contribution < -0.4 is 14.9 Å². The van der Waals surface area contributed by atoms with Gasteiger partial charge in [0, 0.05) is 11.5 Å². The van der Waals surface area contributed by atoms with Crippen LogP contribution in [0.25, 0.3) is 0 Å². The number of rotatable bonds is 5. The van der Waals surface area contributed by atoms with Gasteiger partial charge in [0.1, 0.15) is 22.3 Å². The Hall–Kier alpha value is -2.17. The quantitative estimate of drug-likeness (QED) is 0.724. The fourth-order valence-electron chi connectivity index (χ4n) is 3.04. The molecular formula is C20H24BF2NO5S. The van der Waals surface area contributed by atoms with Crippen molar-refractivity contribution in [2.24, 2.45) is 0 Å². The Balaban J connectivity index is 1.95. The molecule has 1 heterocycles. The minimum Gasteiger partial charge on any atom is -0.496 e. The summed E-state index contributed by atoms with van der Waals surface area (Å²) in [6, 6.07) is 6.27. The molecule has 162 valence electrons. The zero-order chi connectivity index (χ0) is 22.5. The molecule has 1 saturated heterocycles. The molecule has 0 amide bonds. The first-order valence-electron chi connectivity index (χ1n) is 9.30. The molecule has 2 aromatic rings. The van der Waals surface area contributed by atoms with Crippen molar-refractivity contribution in [3.8, 4) is 5.75 Å². The van der Waals surface area contributed by atoms with Crippen molar-refractivity contribution in [3.05, 3.63) is 47.5 Å². The molecule has 1 N–H and O–H groups in total. The van der Waals surface area contributed by atoms with Crippen LogP contribution in [-0.2, 0) is 19.3 Å². The summed E-state index contributed by atoms with van der Waals surface area (Å²) >= 11 is 0. The number of halogens is 2. The first-order chi connectivity index (χ1) is 13.8. The second-order valence-corrected chi connectivity index (χ2v) is 9.81.